The van der Waals surface area contributed by atoms with Gasteiger partial charge >= 0.3 is 0 Å². The normalized spacial score (nSPS) is 16.5. The van der Waals surface area contributed by atoms with Crippen LogP contribution in [0, 0.1) is 6.92 Å². The zero-order valence-corrected chi connectivity index (χ0v) is 19.7. The molecule has 0 saturated carbocycles. The summed E-state index contributed by atoms with van der Waals surface area (Å²) in [7, 11) is 0. The van der Waals surface area contributed by atoms with E-state index < -0.39 is 0 Å². The molecule has 3 rings (SSSR count). The highest BCUT2D eigenvalue weighted by Crippen LogP contribution is 2.17. The fraction of sp³-hybridized carbons (Fsp3) is 0.571. The van der Waals surface area contributed by atoms with Crippen molar-refractivity contribution in [1.82, 2.24) is 25.4 Å². The number of halogens is 1. The van der Waals surface area contributed by atoms with Gasteiger partial charge in [-0.2, -0.15) is 5.10 Å². The summed E-state index contributed by atoms with van der Waals surface area (Å²) in [6.07, 6.45) is 2.96. The molecule has 0 amide bonds. The lowest BCUT2D eigenvalue weighted by Crippen LogP contribution is -2.47. The Kier molecular flexibility index (Phi) is 8.72. The molecule has 1 aromatic carbocycles. The topological polar surface area (TPSA) is 67.1 Å². The van der Waals surface area contributed by atoms with Gasteiger partial charge in [0.2, 0.25) is 0 Å². The van der Waals surface area contributed by atoms with Crippen LogP contribution in [0.1, 0.15) is 55.9 Å². The maximum Gasteiger partial charge on any atom is 0.191 e. The van der Waals surface area contributed by atoms with E-state index in [0.717, 1.165) is 56.5 Å². The Labute approximate surface area is 185 Å². The predicted octanol–water partition coefficient (Wildman–Crippen LogP) is 3.44. The van der Waals surface area contributed by atoms with E-state index in [-0.39, 0.29) is 24.0 Å². The van der Waals surface area contributed by atoms with Crippen LogP contribution in [0.2, 0.25) is 0 Å². The summed E-state index contributed by atoms with van der Waals surface area (Å²) >= 11 is 0. The Balaban J connectivity index is 0.00000280. The summed E-state index contributed by atoms with van der Waals surface area (Å²) in [5.41, 5.74) is 2.62. The first-order chi connectivity index (χ1) is 13.0. The molecule has 0 aliphatic carbocycles. The molecule has 2 aromatic rings. The zero-order valence-electron chi connectivity index (χ0n) is 17.4. The van der Waals surface area contributed by atoms with Gasteiger partial charge in [-0.05, 0) is 32.3 Å². The van der Waals surface area contributed by atoms with Crippen molar-refractivity contribution in [3.05, 3.63) is 47.0 Å². The van der Waals surface area contributed by atoms with Crippen molar-refractivity contribution in [2.75, 3.05) is 13.1 Å². The third-order valence-electron chi connectivity index (χ3n) is 4.87. The molecule has 1 aromatic heterocycles. The summed E-state index contributed by atoms with van der Waals surface area (Å²) in [4.78, 5) is 9.43. The Morgan fingerprint density at radius 1 is 1.29 bits per heavy atom. The van der Waals surface area contributed by atoms with Crippen molar-refractivity contribution in [2.24, 2.45) is 4.99 Å². The van der Waals surface area contributed by atoms with Crippen molar-refractivity contribution in [1.29, 1.82) is 0 Å². The summed E-state index contributed by atoms with van der Waals surface area (Å²) < 4.78 is 2.06. The van der Waals surface area contributed by atoms with Gasteiger partial charge in [-0.1, -0.05) is 43.7 Å². The van der Waals surface area contributed by atoms with Gasteiger partial charge in [0.25, 0.3) is 0 Å². The monoisotopic (exact) mass is 496 g/mol. The fourth-order valence-electron chi connectivity index (χ4n) is 3.26. The quantitative estimate of drug-likeness (QED) is 0.366. The first kappa shape index (κ1) is 22.6. The second-order valence-electron chi connectivity index (χ2n) is 7.60. The molecule has 0 radical (unpaired) electrons. The minimum Gasteiger partial charge on any atom is -0.357 e. The molecule has 0 bridgehead atoms. The van der Waals surface area contributed by atoms with E-state index in [1.165, 1.54) is 11.1 Å². The van der Waals surface area contributed by atoms with Gasteiger partial charge in [0.15, 0.2) is 11.8 Å². The molecule has 0 fully saturated rings. The number of hydrogen-bond donors (Lipinski definition) is 2. The summed E-state index contributed by atoms with van der Waals surface area (Å²) in [6, 6.07) is 9.02. The predicted molar refractivity (Wildman–Crippen MR) is 126 cm³/mol. The Morgan fingerprint density at radius 3 is 2.71 bits per heavy atom. The molecule has 6 nitrogen and oxygen atoms in total. The van der Waals surface area contributed by atoms with Gasteiger partial charge in [0.05, 0.1) is 6.54 Å². The molecule has 1 aliphatic heterocycles. The lowest BCUT2D eigenvalue weighted by atomic mass is 10.1. The molecule has 1 aliphatic rings. The van der Waals surface area contributed by atoms with Gasteiger partial charge < -0.3 is 10.6 Å². The molecule has 2 heterocycles. The smallest absolute Gasteiger partial charge is 0.191 e. The van der Waals surface area contributed by atoms with Gasteiger partial charge in [-0.15, -0.1) is 24.0 Å². The summed E-state index contributed by atoms with van der Waals surface area (Å²) in [5, 5.41) is 11.6. The van der Waals surface area contributed by atoms with Crippen LogP contribution in [0.4, 0.5) is 0 Å². The third-order valence-corrected chi connectivity index (χ3v) is 4.87. The number of nitrogens with zero attached hydrogens (tertiary/aromatic N) is 4. The molecule has 1 atom stereocenters. The number of hydrogen-bond acceptors (Lipinski definition) is 3. The van der Waals surface area contributed by atoms with Crippen LogP contribution in [-0.2, 0) is 19.4 Å². The van der Waals surface area contributed by atoms with E-state index in [2.05, 4.69) is 77.4 Å². The van der Waals surface area contributed by atoms with Gasteiger partial charge in [0.1, 0.15) is 5.82 Å². The fourth-order valence-corrected chi connectivity index (χ4v) is 3.26. The maximum absolute atomic E-state index is 4.76. The molecule has 0 saturated heterocycles. The van der Waals surface area contributed by atoms with E-state index in [4.69, 9.17) is 4.99 Å². The molecule has 154 valence electrons. The van der Waals surface area contributed by atoms with E-state index in [1.54, 1.807) is 0 Å². The SMILES string of the molecule is CCNC(=NCCc1ccc(C)cc1)NC1CCc2nc(C(C)C)nn2C1.I. The molecule has 7 heteroatoms. The molecule has 28 heavy (non-hydrogen) atoms. The molecular weight excluding hydrogens is 463 g/mol. The minimum absolute atomic E-state index is 0. The first-order valence-electron chi connectivity index (χ1n) is 10.1. The van der Waals surface area contributed by atoms with Gasteiger partial charge in [0, 0.05) is 31.5 Å². The minimum atomic E-state index is 0. The third kappa shape index (κ3) is 6.18. The summed E-state index contributed by atoms with van der Waals surface area (Å²) in [6.45, 7) is 11.0. The number of aliphatic imine (C=N–C) groups is 1. The van der Waals surface area contributed by atoms with Crippen molar-refractivity contribution < 1.29 is 0 Å². The Bertz CT molecular complexity index is 766. The van der Waals surface area contributed by atoms with Crippen LogP contribution in [0.15, 0.2) is 29.3 Å². The van der Waals surface area contributed by atoms with E-state index in [0.29, 0.717) is 12.0 Å². The van der Waals surface area contributed by atoms with Crippen molar-refractivity contribution in [3.8, 4) is 0 Å². The number of guanidine groups is 1. The molecular formula is C21H33IN6. The Morgan fingerprint density at radius 2 is 2.04 bits per heavy atom. The number of benzene rings is 1. The number of aryl methyl sites for hydroxylation is 2. The average molecular weight is 496 g/mol. The number of aromatic nitrogens is 3. The van der Waals surface area contributed by atoms with Crippen LogP contribution in [0.3, 0.4) is 0 Å². The molecule has 2 N–H and O–H groups in total. The van der Waals surface area contributed by atoms with Crippen molar-refractivity contribution >= 4 is 29.9 Å². The van der Waals surface area contributed by atoms with Crippen LogP contribution < -0.4 is 10.6 Å². The number of fused-ring (bicyclic) bond motifs is 1. The second kappa shape index (κ2) is 10.8. The number of nitrogens with one attached hydrogen (secondary N) is 2. The number of rotatable bonds is 6. The van der Waals surface area contributed by atoms with Crippen LogP contribution >= 0.6 is 24.0 Å². The van der Waals surface area contributed by atoms with E-state index in [9.17, 15) is 0 Å². The van der Waals surface area contributed by atoms with Crippen LogP contribution in [0.25, 0.3) is 0 Å². The van der Waals surface area contributed by atoms with Crippen molar-refractivity contribution in [3.63, 3.8) is 0 Å². The zero-order chi connectivity index (χ0) is 19.2. The first-order valence-corrected chi connectivity index (χ1v) is 10.1. The molecule has 0 spiro atoms. The van der Waals surface area contributed by atoms with E-state index >= 15 is 0 Å². The highest BCUT2D eigenvalue weighted by Gasteiger charge is 2.23. The maximum atomic E-state index is 4.76. The average Bonchev–Trinajstić information content (AvgIpc) is 3.07. The lowest BCUT2D eigenvalue weighted by molar-refractivity contribution is 0.391. The Hall–Kier alpha value is -1.64. The van der Waals surface area contributed by atoms with E-state index in [1.807, 2.05) is 0 Å². The van der Waals surface area contributed by atoms with Crippen molar-refractivity contribution in [2.45, 2.75) is 65.5 Å². The van der Waals surface area contributed by atoms with Gasteiger partial charge in [-0.25, -0.2) is 9.67 Å². The van der Waals surface area contributed by atoms with Gasteiger partial charge in [-0.3, -0.25) is 4.99 Å². The highest BCUT2D eigenvalue weighted by molar-refractivity contribution is 14.0. The van der Waals surface area contributed by atoms with Crippen LogP contribution in [-0.4, -0.2) is 39.9 Å². The second-order valence-corrected chi connectivity index (χ2v) is 7.60. The summed E-state index contributed by atoms with van der Waals surface area (Å²) in [5.74, 6) is 3.32. The largest absolute Gasteiger partial charge is 0.357 e. The lowest BCUT2D eigenvalue weighted by Gasteiger charge is -2.25. The van der Waals surface area contributed by atoms with Crippen LogP contribution in [0.5, 0.6) is 0 Å². The highest BCUT2D eigenvalue weighted by atomic mass is 127. The standard InChI is InChI=1S/C21H32N6.HI/c1-5-22-21(23-13-12-17-8-6-16(4)7-9-17)24-18-10-11-19-25-20(15(2)3)26-27(19)14-18;/h6-9,15,18H,5,10-14H2,1-4H3,(H2,22,23,24);1H. The molecule has 1 unspecified atom stereocenters.